The summed E-state index contributed by atoms with van der Waals surface area (Å²) < 4.78 is 7.32. The number of aromatic nitrogens is 3. The molecular formula is C13H26N4O. The van der Waals surface area contributed by atoms with Gasteiger partial charge in [0.05, 0.1) is 6.10 Å². The van der Waals surface area contributed by atoms with Crippen LogP contribution in [-0.4, -0.2) is 41.1 Å². The van der Waals surface area contributed by atoms with E-state index in [0.717, 1.165) is 25.2 Å². The Morgan fingerprint density at radius 2 is 2.11 bits per heavy atom. The molecule has 0 aliphatic heterocycles. The standard InChI is InChI=1S/C13H26N4O/c1-10(2)8-17-13(15-9-16-17)7-12(14-4)6-11(3)18-5/h9-12,14H,6-8H2,1-5H3. The molecule has 0 fully saturated rings. The predicted octanol–water partition coefficient (Wildman–Crippen LogP) is 1.49. The van der Waals surface area contributed by atoms with Crippen LogP contribution < -0.4 is 5.32 Å². The monoisotopic (exact) mass is 254 g/mol. The van der Waals surface area contributed by atoms with Crippen LogP contribution >= 0.6 is 0 Å². The van der Waals surface area contributed by atoms with Crippen molar-refractivity contribution < 1.29 is 4.74 Å². The molecule has 5 heteroatoms. The molecule has 0 amide bonds. The van der Waals surface area contributed by atoms with Crippen molar-refractivity contribution in [3.63, 3.8) is 0 Å². The van der Waals surface area contributed by atoms with Gasteiger partial charge < -0.3 is 10.1 Å². The maximum atomic E-state index is 5.31. The van der Waals surface area contributed by atoms with Gasteiger partial charge in [-0.2, -0.15) is 5.10 Å². The van der Waals surface area contributed by atoms with Crippen LogP contribution in [0.1, 0.15) is 33.0 Å². The van der Waals surface area contributed by atoms with Crippen LogP contribution in [0.25, 0.3) is 0 Å². The number of nitrogens with zero attached hydrogens (tertiary/aromatic N) is 3. The topological polar surface area (TPSA) is 52.0 Å². The van der Waals surface area contributed by atoms with Crippen LogP contribution in [0.5, 0.6) is 0 Å². The first-order valence-electron chi connectivity index (χ1n) is 6.63. The molecule has 2 atom stereocenters. The van der Waals surface area contributed by atoms with Gasteiger partial charge in [0.1, 0.15) is 12.2 Å². The zero-order chi connectivity index (χ0) is 13.5. The number of ether oxygens (including phenoxy) is 1. The van der Waals surface area contributed by atoms with Gasteiger partial charge in [-0.25, -0.2) is 9.67 Å². The van der Waals surface area contributed by atoms with E-state index in [2.05, 4.69) is 36.2 Å². The average Bonchev–Trinajstić information content (AvgIpc) is 2.74. The minimum absolute atomic E-state index is 0.254. The predicted molar refractivity (Wildman–Crippen MR) is 72.5 cm³/mol. The minimum atomic E-state index is 0.254. The highest BCUT2D eigenvalue weighted by Crippen LogP contribution is 2.08. The molecule has 0 saturated heterocycles. The first kappa shape index (κ1) is 15.1. The Hall–Kier alpha value is -0.940. The molecule has 0 spiro atoms. The lowest BCUT2D eigenvalue weighted by atomic mass is 10.1. The molecule has 1 aromatic heterocycles. The molecule has 5 nitrogen and oxygen atoms in total. The van der Waals surface area contributed by atoms with E-state index in [-0.39, 0.29) is 6.10 Å². The lowest BCUT2D eigenvalue weighted by molar-refractivity contribution is 0.101. The van der Waals surface area contributed by atoms with Gasteiger partial charge in [-0.1, -0.05) is 13.8 Å². The first-order valence-corrected chi connectivity index (χ1v) is 6.63. The van der Waals surface area contributed by atoms with E-state index in [1.165, 1.54) is 0 Å². The fourth-order valence-electron chi connectivity index (χ4n) is 1.97. The molecule has 1 rings (SSSR count). The summed E-state index contributed by atoms with van der Waals surface area (Å²) in [5, 5.41) is 7.61. The molecule has 1 heterocycles. The van der Waals surface area contributed by atoms with E-state index in [4.69, 9.17) is 4.74 Å². The quantitative estimate of drug-likeness (QED) is 0.763. The molecule has 1 N–H and O–H groups in total. The fraction of sp³-hybridized carbons (Fsp3) is 0.846. The van der Waals surface area contributed by atoms with Crippen molar-refractivity contribution >= 4 is 0 Å². The number of hydrogen-bond acceptors (Lipinski definition) is 4. The smallest absolute Gasteiger partial charge is 0.138 e. The summed E-state index contributed by atoms with van der Waals surface area (Å²) in [6, 6.07) is 0.370. The van der Waals surface area contributed by atoms with Crippen LogP contribution in [0.2, 0.25) is 0 Å². The average molecular weight is 254 g/mol. The molecule has 0 aromatic carbocycles. The van der Waals surface area contributed by atoms with E-state index in [1.807, 2.05) is 11.7 Å². The Morgan fingerprint density at radius 3 is 2.67 bits per heavy atom. The SMILES string of the molecule is CNC(Cc1ncnn1CC(C)C)CC(C)OC. The Bertz CT molecular complexity index is 337. The second-order valence-corrected chi connectivity index (χ2v) is 5.22. The summed E-state index contributed by atoms with van der Waals surface area (Å²) in [4.78, 5) is 4.36. The molecule has 0 bridgehead atoms. The molecule has 104 valence electrons. The van der Waals surface area contributed by atoms with Crippen molar-refractivity contribution in [1.82, 2.24) is 20.1 Å². The highest BCUT2D eigenvalue weighted by molar-refractivity contribution is 4.90. The van der Waals surface area contributed by atoms with Gasteiger partial charge in [0.25, 0.3) is 0 Å². The van der Waals surface area contributed by atoms with Crippen LogP contribution in [0.3, 0.4) is 0 Å². The lowest BCUT2D eigenvalue weighted by Crippen LogP contribution is -2.32. The van der Waals surface area contributed by atoms with Crippen molar-refractivity contribution in [3.8, 4) is 0 Å². The number of hydrogen-bond donors (Lipinski definition) is 1. The van der Waals surface area contributed by atoms with Gasteiger partial charge in [0, 0.05) is 26.1 Å². The number of methoxy groups -OCH3 is 1. The van der Waals surface area contributed by atoms with Crippen LogP contribution in [0, 0.1) is 5.92 Å². The largest absolute Gasteiger partial charge is 0.382 e. The van der Waals surface area contributed by atoms with E-state index < -0.39 is 0 Å². The molecule has 0 aliphatic rings. The molecule has 0 radical (unpaired) electrons. The third-order valence-corrected chi connectivity index (χ3v) is 3.09. The van der Waals surface area contributed by atoms with Gasteiger partial charge in [-0.3, -0.25) is 0 Å². The maximum Gasteiger partial charge on any atom is 0.138 e. The van der Waals surface area contributed by atoms with E-state index in [0.29, 0.717) is 12.0 Å². The van der Waals surface area contributed by atoms with E-state index in [1.54, 1.807) is 13.4 Å². The zero-order valence-electron chi connectivity index (χ0n) is 12.2. The van der Waals surface area contributed by atoms with Crippen molar-refractivity contribution in [2.45, 2.75) is 52.3 Å². The van der Waals surface area contributed by atoms with Crippen molar-refractivity contribution in [3.05, 3.63) is 12.2 Å². The molecule has 2 unspecified atom stereocenters. The summed E-state index contributed by atoms with van der Waals surface area (Å²) in [7, 11) is 3.73. The maximum absolute atomic E-state index is 5.31. The summed E-state index contributed by atoms with van der Waals surface area (Å²) in [6.07, 6.45) is 3.76. The van der Waals surface area contributed by atoms with Gasteiger partial charge >= 0.3 is 0 Å². The lowest BCUT2D eigenvalue weighted by Gasteiger charge is -2.20. The Balaban J connectivity index is 2.61. The summed E-state index contributed by atoms with van der Waals surface area (Å²) >= 11 is 0. The highest BCUT2D eigenvalue weighted by Gasteiger charge is 2.15. The highest BCUT2D eigenvalue weighted by atomic mass is 16.5. The summed E-state index contributed by atoms with van der Waals surface area (Å²) in [5.41, 5.74) is 0. The number of rotatable bonds is 8. The Labute approximate surface area is 110 Å². The first-order chi connectivity index (χ1) is 8.56. The van der Waals surface area contributed by atoms with Crippen LogP contribution in [0.4, 0.5) is 0 Å². The van der Waals surface area contributed by atoms with Crippen LogP contribution in [-0.2, 0) is 17.7 Å². The van der Waals surface area contributed by atoms with Crippen molar-refractivity contribution in [2.75, 3.05) is 14.2 Å². The Kier molecular flexibility index (Phi) is 6.29. The normalized spacial score (nSPS) is 15.0. The number of nitrogens with one attached hydrogen (secondary N) is 1. The van der Waals surface area contributed by atoms with Gasteiger partial charge in [-0.05, 0) is 26.3 Å². The molecule has 0 aliphatic carbocycles. The van der Waals surface area contributed by atoms with E-state index in [9.17, 15) is 0 Å². The second kappa shape index (κ2) is 7.48. The third kappa shape index (κ3) is 4.74. The van der Waals surface area contributed by atoms with Gasteiger partial charge in [0.2, 0.25) is 0 Å². The van der Waals surface area contributed by atoms with Crippen LogP contribution in [0.15, 0.2) is 6.33 Å². The summed E-state index contributed by atoms with van der Waals surface area (Å²) in [5.74, 6) is 1.63. The Morgan fingerprint density at radius 1 is 1.39 bits per heavy atom. The molecule has 1 aromatic rings. The van der Waals surface area contributed by atoms with Gasteiger partial charge in [0.15, 0.2) is 0 Å². The zero-order valence-corrected chi connectivity index (χ0v) is 12.2. The minimum Gasteiger partial charge on any atom is -0.382 e. The van der Waals surface area contributed by atoms with Gasteiger partial charge in [-0.15, -0.1) is 0 Å². The third-order valence-electron chi connectivity index (χ3n) is 3.09. The number of likely N-dealkylation sites (N-methyl/N-ethyl adjacent to an activating group) is 1. The second-order valence-electron chi connectivity index (χ2n) is 5.22. The summed E-state index contributed by atoms with van der Waals surface area (Å²) in [6.45, 7) is 7.39. The molecule has 18 heavy (non-hydrogen) atoms. The van der Waals surface area contributed by atoms with Crippen molar-refractivity contribution in [2.24, 2.45) is 5.92 Å². The molecule has 0 saturated carbocycles. The van der Waals surface area contributed by atoms with E-state index >= 15 is 0 Å². The molecular weight excluding hydrogens is 228 g/mol. The fourth-order valence-corrected chi connectivity index (χ4v) is 1.97. The van der Waals surface area contributed by atoms with Crippen molar-refractivity contribution in [1.29, 1.82) is 0 Å².